The van der Waals surface area contributed by atoms with Crippen LogP contribution in [0.15, 0.2) is 54.9 Å². The van der Waals surface area contributed by atoms with Crippen molar-refractivity contribution in [1.29, 1.82) is 0 Å². The molecule has 1 fully saturated rings. The maximum absolute atomic E-state index is 12.8. The Morgan fingerprint density at radius 1 is 0.923 bits per heavy atom. The molecule has 1 aliphatic rings. The Labute approximate surface area is 151 Å². The van der Waals surface area contributed by atoms with Crippen LogP contribution in [0.2, 0.25) is 0 Å². The molecule has 2 aromatic heterocycles. The van der Waals surface area contributed by atoms with Gasteiger partial charge in [-0.3, -0.25) is 4.79 Å². The summed E-state index contributed by atoms with van der Waals surface area (Å²) in [5, 5.41) is 16.2. The second-order valence-electron chi connectivity index (χ2n) is 6.10. The first-order valence-electron chi connectivity index (χ1n) is 8.61. The maximum Gasteiger partial charge on any atom is 0.276 e. The molecule has 1 saturated heterocycles. The van der Waals surface area contributed by atoms with E-state index in [1.807, 2.05) is 47.4 Å². The first-order chi connectivity index (χ1) is 12.8. The van der Waals surface area contributed by atoms with E-state index < -0.39 is 0 Å². The van der Waals surface area contributed by atoms with Gasteiger partial charge < -0.3 is 9.80 Å². The van der Waals surface area contributed by atoms with Gasteiger partial charge in [0.2, 0.25) is 0 Å². The van der Waals surface area contributed by atoms with Crippen LogP contribution in [-0.4, -0.2) is 62.2 Å². The van der Waals surface area contributed by atoms with E-state index in [1.165, 1.54) is 0 Å². The van der Waals surface area contributed by atoms with Gasteiger partial charge >= 0.3 is 0 Å². The zero-order chi connectivity index (χ0) is 17.8. The molecule has 0 saturated carbocycles. The van der Waals surface area contributed by atoms with E-state index in [4.69, 9.17) is 0 Å². The van der Waals surface area contributed by atoms with Gasteiger partial charge in [-0.1, -0.05) is 23.4 Å². The largest absolute Gasteiger partial charge is 0.353 e. The average Bonchev–Trinajstić information content (AvgIpc) is 3.07. The highest BCUT2D eigenvalue weighted by molar-refractivity contribution is 5.92. The molecule has 26 heavy (non-hydrogen) atoms. The molecule has 3 heterocycles. The summed E-state index contributed by atoms with van der Waals surface area (Å²) < 4.78 is 1.62. The Kier molecular flexibility index (Phi) is 4.55. The first kappa shape index (κ1) is 16.2. The minimum Gasteiger partial charge on any atom is -0.353 e. The molecule has 0 aliphatic carbocycles. The number of nitrogens with zero attached hydrogens (tertiary/aromatic N) is 7. The van der Waals surface area contributed by atoms with Crippen LogP contribution in [0.25, 0.3) is 5.69 Å². The van der Waals surface area contributed by atoms with Crippen LogP contribution in [0.5, 0.6) is 0 Å². The number of carbonyl (C=O) groups is 1. The van der Waals surface area contributed by atoms with Crippen molar-refractivity contribution in [2.24, 2.45) is 0 Å². The average molecular weight is 349 g/mol. The second kappa shape index (κ2) is 7.30. The predicted octanol–water partition coefficient (Wildman–Crippen LogP) is 1.41. The first-order valence-corrected chi connectivity index (χ1v) is 8.61. The van der Waals surface area contributed by atoms with Crippen LogP contribution in [-0.2, 0) is 0 Å². The van der Waals surface area contributed by atoms with Crippen LogP contribution < -0.4 is 4.90 Å². The number of aromatic nitrogens is 5. The molecule has 0 N–H and O–H groups in total. The van der Waals surface area contributed by atoms with Crippen molar-refractivity contribution in [3.8, 4) is 5.69 Å². The molecule has 0 atom stereocenters. The molecule has 4 rings (SSSR count). The Bertz CT molecular complexity index is 866. The zero-order valence-corrected chi connectivity index (χ0v) is 14.3. The van der Waals surface area contributed by atoms with Crippen LogP contribution in [0.1, 0.15) is 16.9 Å². The van der Waals surface area contributed by atoms with Crippen molar-refractivity contribution in [3.05, 3.63) is 60.6 Å². The van der Waals surface area contributed by atoms with E-state index in [1.54, 1.807) is 17.1 Å². The van der Waals surface area contributed by atoms with E-state index in [-0.39, 0.29) is 5.91 Å². The molecule has 8 heteroatoms. The lowest BCUT2D eigenvalue weighted by atomic mass is 10.3. The minimum atomic E-state index is -0.0897. The van der Waals surface area contributed by atoms with Crippen molar-refractivity contribution in [3.63, 3.8) is 0 Å². The Morgan fingerprint density at radius 2 is 1.81 bits per heavy atom. The van der Waals surface area contributed by atoms with Gasteiger partial charge in [0.25, 0.3) is 5.91 Å². The van der Waals surface area contributed by atoms with Crippen LogP contribution in [0.4, 0.5) is 5.82 Å². The molecule has 1 aromatic carbocycles. The molecule has 3 aromatic rings. The fraction of sp³-hybridized carbons (Fsp3) is 0.278. The van der Waals surface area contributed by atoms with Gasteiger partial charge in [0.1, 0.15) is 0 Å². The zero-order valence-electron chi connectivity index (χ0n) is 14.3. The molecule has 0 radical (unpaired) electrons. The van der Waals surface area contributed by atoms with E-state index in [9.17, 15) is 4.79 Å². The molecule has 8 nitrogen and oxygen atoms in total. The molecule has 0 unspecified atom stereocenters. The molecule has 1 amide bonds. The summed E-state index contributed by atoms with van der Waals surface area (Å²) in [7, 11) is 0. The summed E-state index contributed by atoms with van der Waals surface area (Å²) in [4.78, 5) is 16.8. The van der Waals surface area contributed by atoms with Gasteiger partial charge in [-0.2, -0.15) is 5.10 Å². The van der Waals surface area contributed by atoms with Gasteiger partial charge in [0, 0.05) is 32.4 Å². The second-order valence-corrected chi connectivity index (χ2v) is 6.10. The van der Waals surface area contributed by atoms with E-state index in [0.717, 1.165) is 31.0 Å². The third-order valence-electron chi connectivity index (χ3n) is 4.40. The molecular formula is C18H19N7O. The number of anilines is 1. The summed E-state index contributed by atoms with van der Waals surface area (Å²) in [6, 6.07) is 13.4. The van der Waals surface area contributed by atoms with Crippen molar-refractivity contribution in [1.82, 2.24) is 30.1 Å². The summed E-state index contributed by atoms with van der Waals surface area (Å²) in [6.45, 7) is 2.87. The summed E-state index contributed by atoms with van der Waals surface area (Å²) >= 11 is 0. The molecular weight excluding hydrogens is 330 g/mol. The van der Waals surface area contributed by atoms with Gasteiger partial charge in [0.05, 0.1) is 11.9 Å². The highest BCUT2D eigenvalue weighted by Crippen LogP contribution is 2.14. The van der Waals surface area contributed by atoms with Crippen LogP contribution in [0.3, 0.4) is 0 Å². The molecule has 0 spiro atoms. The van der Waals surface area contributed by atoms with Gasteiger partial charge in [-0.25, -0.2) is 4.68 Å². The van der Waals surface area contributed by atoms with E-state index in [0.29, 0.717) is 18.8 Å². The normalized spacial score (nSPS) is 14.9. The van der Waals surface area contributed by atoms with Crippen LogP contribution in [0, 0.1) is 0 Å². The van der Waals surface area contributed by atoms with Gasteiger partial charge in [0.15, 0.2) is 11.5 Å². The third-order valence-corrected chi connectivity index (χ3v) is 4.40. The third kappa shape index (κ3) is 3.39. The van der Waals surface area contributed by atoms with Crippen molar-refractivity contribution >= 4 is 11.7 Å². The summed E-state index contributed by atoms with van der Waals surface area (Å²) in [5.41, 5.74) is 1.24. The van der Waals surface area contributed by atoms with Crippen molar-refractivity contribution in [2.75, 3.05) is 31.1 Å². The summed E-state index contributed by atoms with van der Waals surface area (Å²) in [5.74, 6) is 0.755. The highest BCUT2D eigenvalue weighted by atomic mass is 16.2. The van der Waals surface area contributed by atoms with E-state index >= 15 is 0 Å². The maximum atomic E-state index is 12.8. The monoisotopic (exact) mass is 349 g/mol. The predicted molar refractivity (Wildman–Crippen MR) is 96.1 cm³/mol. The number of carbonyl (C=O) groups excluding carboxylic acids is 1. The number of hydrogen-bond donors (Lipinski definition) is 0. The van der Waals surface area contributed by atoms with Crippen LogP contribution >= 0.6 is 0 Å². The smallest absolute Gasteiger partial charge is 0.276 e. The van der Waals surface area contributed by atoms with E-state index in [2.05, 4.69) is 25.4 Å². The fourth-order valence-electron chi connectivity index (χ4n) is 3.04. The minimum absolute atomic E-state index is 0.0897. The van der Waals surface area contributed by atoms with Gasteiger partial charge in [-0.05, 0) is 30.7 Å². The molecule has 1 aliphatic heterocycles. The topological polar surface area (TPSA) is 80.0 Å². The quantitative estimate of drug-likeness (QED) is 0.711. The Hall–Kier alpha value is -3.29. The van der Waals surface area contributed by atoms with Gasteiger partial charge in [-0.15, -0.1) is 10.2 Å². The molecule has 132 valence electrons. The highest BCUT2D eigenvalue weighted by Gasteiger charge is 2.23. The molecule has 0 bridgehead atoms. The number of hydrogen-bond acceptors (Lipinski definition) is 6. The standard InChI is InChI=1S/C18H19N7O/c26-18(16-14-25(22-20-16)15-6-2-1-3-7-15)24-11-5-10-23(12-13-24)17-8-4-9-19-21-17/h1-4,6-9,14H,5,10-13H2. The lowest BCUT2D eigenvalue weighted by Gasteiger charge is -2.21. The number of benzene rings is 1. The Morgan fingerprint density at radius 3 is 2.62 bits per heavy atom. The fourth-order valence-corrected chi connectivity index (χ4v) is 3.04. The SMILES string of the molecule is O=C(c1cn(-c2ccccc2)nn1)N1CCCN(c2cccnn2)CC1. The number of para-hydroxylation sites is 1. The summed E-state index contributed by atoms with van der Waals surface area (Å²) in [6.07, 6.45) is 4.21. The van der Waals surface area contributed by atoms with Crippen molar-refractivity contribution in [2.45, 2.75) is 6.42 Å². The van der Waals surface area contributed by atoms with Crippen molar-refractivity contribution < 1.29 is 4.79 Å². The number of rotatable bonds is 3. The Balaban J connectivity index is 1.45. The lowest BCUT2D eigenvalue weighted by molar-refractivity contribution is 0.0761. The lowest BCUT2D eigenvalue weighted by Crippen LogP contribution is -2.35. The number of amides is 1.